The van der Waals surface area contributed by atoms with E-state index in [1.165, 1.54) is 0 Å². The third-order valence-electron chi connectivity index (χ3n) is 2.96. The van der Waals surface area contributed by atoms with E-state index < -0.39 is 0 Å². The number of methoxy groups -OCH3 is 1. The predicted octanol–water partition coefficient (Wildman–Crippen LogP) is 1.17. The molecule has 0 radical (unpaired) electrons. The summed E-state index contributed by atoms with van der Waals surface area (Å²) < 4.78 is 12.8. The van der Waals surface area contributed by atoms with Crippen molar-refractivity contribution in [2.75, 3.05) is 7.11 Å². The second kappa shape index (κ2) is 5.71. The summed E-state index contributed by atoms with van der Waals surface area (Å²) in [4.78, 5) is 0. The van der Waals surface area contributed by atoms with Gasteiger partial charge in [-0.15, -0.1) is 10.2 Å². The summed E-state index contributed by atoms with van der Waals surface area (Å²) in [6.45, 7) is 2.69. The summed E-state index contributed by atoms with van der Waals surface area (Å²) in [5.74, 6) is 3.06. The number of hydrogen-bond donors (Lipinski definition) is 1. The van der Waals surface area contributed by atoms with Crippen LogP contribution in [0.5, 0.6) is 11.5 Å². The molecule has 1 aromatic heterocycles. The Kier molecular flexibility index (Phi) is 4.01. The van der Waals surface area contributed by atoms with Crippen LogP contribution in [0, 0.1) is 6.92 Å². The lowest BCUT2D eigenvalue weighted by Crippen LogP contribution is -2.05. The maximum atomic E-state index is 5.71. The molecule has 0 spiro atoms. The zero-order valence-electron chi connectivity index (χ0n) is 11.4. The minimum absolute atomic E-state index is 0.356. The van der Waals surface area contributed by atoms with E-state index in [0.29, 0.717) is 18.9 Å². The van der Waals surface area contributed by atoms with Gasteiger partial charge in [-0.25, -0.2) is 0 Å². The molecule has 0 atom stereocenters. The molecule has 19 heavy (non-hydrogen) atoms. The van der Waals surface area contributed by atoms with Gasteiger partial charge in [0.25, 0.3) is 0 Å². The van der Waals surface area contributed by atoms with E-state index in [-0.39, 0.29) is 0 Å². The van der Waals surface area contributed by atoms with Gasteiger partial charge in [-0.05, 0) is 24.6 Å². The first kappa shape index (κ1) is 13.4. The maximum Gasteiger partial charge on any atom is 0.170 e. The summed E-state index contributed by atoms with van der Waals surface area (Å²) in [7, 11) is 3.52. The predicted molar refractivity (Wildman–Crippen MR) is 71.0 cm³/mol. The SMILES string of the molecule is COc1cc(CN)cc(OCc2nnc(C)n2C)c1. The highest BCUT2D eigenvalue weighted by atomic mass is 16.5. The third-order valence-corrected chi connectivity index (χ3v) is 2.96. The van der Waals surface area contributed by atoms with Crippen molar-refractivity contribution < 1.29 is 9.47 Å². The van der Waals surface area contributed by atoms with Gasteiger partial charge in [-0.1, -0.05) is 0 Å². The lowest BCUT2D eigenvalue weighted by atomic mass is 10.2. The topological polar surface area (TPSA) is 75.2 Å². The van der Waals surface area contributed by atoms with Crippen LogP contribution < -0.4 is 15.2 Å². The minimum atomic E-state index is 0.356. The number of aromatic nitrogens is 3. The Hall–Kier alpha value is -2.08. The van der Waals surface area contributed by atoms with Gasteiger partial charge < -0.3 is 19.8 Å². The van der Waals surface area contributed by atoms with Crippen LogP contribution in [0.3, 0.4) is 0 Å². The van der Waals surface area contributed by atoms with Gasteiger partial charge in [0.1, 0.15) is 23.9 Å². The average molecular weight is 262 g/mol. The molecule has 6 heteroatoms. The normalized spacial score (nSPS) is 10.5. The molecule has 1 aromatic carbocycles. The van der Waals surface area contributed by atoms with Gasteiger partial charge >= 0.3 is 0 Å². The fourth-order valence-corrected chi connectivity index (χ4v) is 1.67. The molecule has 2 rings (SSSR count). The van der Waals surface area contributed by atoms with Crippen LogP contribution in [0.1, 0.15) is 17.2 Å². The number of nitrogens with two attached hydrogens (primary N) is 1. The number of nitrogens with zero attached hydrogens (tertiary/aromatic N) is 3. The minimum Gasteiger partial charge on any atom is -0.497 e. The molecule has 0 aliphatic rings. The van der Waals surface area contributed by atoms with E-state index in [9.17, 15) is 0 Å². The van der Waals surface area contributed by atoms with Crippen molar-refractivity contribution in [1.29, 1.82) is 0 Å². The van der Waals surface area contributed by atoms with Crippen molar-refractivity contribution in [2.45, 2.75) is 20.1 Å². The van der Waals surface area contributed by atoms with Crippen LogP contribution >= 0.6 is 0 Å². The quantitative estimate of drug-likeness (QED) is 0.875. The number of ether oxygens (including phenoxy) is 2. The summed E-state index contributed by atoms with van der Waals surface area (Å²) >= 11 is 0. The fraction of sp³-hybridized carbons (Fsp3) is 0.385. The zero-order valence-corrected chi connectivity index (χ0v) is 11.4. The lowest BCUT2D eigenvalue weighted by molar-refractivity contribution is 0.288. The van der Waals surface area contributed by atoms with E-state index in [1.54, 1.807) is 7.11 Å². The number of benzene rings is 1. The second-order valence-electron chi connectivity index (χ2n) is 4.23. The van der Waals surface area contributed by atoms with Gasteiger partial charge in [0.2, 0.25) is 0 Å². The standard InChI is InChI=1S/C13H18N4O2/c1-9-15-16-13(17(9)2)8-19-12-5-10(7-14)4-11(6-12)18-3/h4-6H,7-8,14H2,1-3H3. The van der Waals surface area contributed by atoms with Crippen LogP contribution in [0.4, 0.5) is 0 Å². The summed E-state index contributed by atoms with van der Waals surface area (Å²) in [6, 6.07) is 5.60. The molecule has 102 valence electrons. The zero-order chi connectivity index (χ0) is 13.8. The lowest BCUT2D eigenvalue weighted by Gasteiger charge is -2.09. The van der Waals surface area contributed by atoms with Gasteiger partial charge in [0, 0.05) is 19.7 Å². The number of aryl methyl sites for hydroxylation is 1. The molecule has 0 fully saturated rings. The van der Waals surface area contributed by atoms with E-state index in [4.69, 9.17) is 15.2 Å². The molecule has 0 bridgehead atoms. The molecule has 0 saturated carbocycles. The summed E-state index contributed by atoms with van der Waals surface area (Å²) in [5.41, 5.74) is 6.60. The largest absolute Gasteiger partial charge is 0.497 e. The molecule has 2 aromatic rings. The number of rotatable bonds is 5. The van der Waals surface area contributed by atoms with Gasteiger partial charge in [-0.2, -0.15) is 0 Å². The molecule has 0 saturated heterocycles. The second-order valence-corrected chi connectivity index (χ2v) is 4.23. The first-order valence-electron chi connectivity index (χ1n) is 5.99. The molecule has 1 heterocycles. The van der Waals surface area contributed by atoms with Crippen molar-refractivity contribution >= 4 is 0 Å². The molecule has 6 nitrogen and oxygen atoms in total. The van der Waals surface area contributed by atoms with E-state index in [0.717, 1.165) is 23.0 Å². The highest BCUT2D eigenvalue weighted by Crippen LogP contribution is 2.23. The van der Waals surface area contributed by atoms with Crippen molar-refractivity contribution in [1.82, 2.24) is 14.8 Å². The molecule has 0 aliphatic heterocycles. The van der Waals surface area contributed by atoms with Crippen LogP contribution in [-0.2, 0) is 20.2 Å². The Morgan fingerprint density at radius 1 is 1.21 bits per heavy atom. The van der Waals surface area contributed by atoms with Crippen molar-refractivity contribution in [2.24, 2.45) is 12.8 Å². The van der Waals surface area contributed by atoms with Gasteiger partial charge in [-0.3, -0.25) is 0 Å². The first-order chi connectivity index (χ1) is 9.13. The van der Waals surface area contributed by atoms with E-state index >= 15 is 0 Å². The molecule has 2 N–H and O–H groups in total. The molecule has 0 aliphatic carbocycles. The average Bonchev–Trinajstić information content (AvgIpc) is 2.76. The van der Waals surface area contributed by atoms with Crippen molar-refractivity contribution in [3.8, 4) is 11.5 Å². The van der Waals surface area contributed by atoms with Crippen LogP contribution in [-0.4, -0.2) is 21.9 Å². The Morgan fingerprint density at radius 3 is 2.53 bits per heavy atom. The summed E-state index contributed by atoms with van der Waals surface area (Å²) in [6.07, 6.45) is 0. The van der Waals surface area contributed by atoms with Crippen molar-refractivity contribution in [3.05, 3.63) is 35.4 Å². The Balaban J connectivity index is 2.12. The highest BCUT2D eigenvalue weighted by Gasteiger charge is 2.07. The van der Waals surface area contributed by atoms with Crippen LogP contribution in [0.2, 0.25) is 0 Å². The first-order valence-corrected chi connectivity index (χ1v) is 5.99. The van der Waals surface area contributed by atoms with E-state index in [1.807, 2.05) is 36.7 Å². The van der Waals surface area contributed by atoms with Crippen LogP contribution in [0.15, 0.2) is 18.2 Å². The molecule has 0 unspecified atom stereocenters. The van der Waals surface area contributed by atoms with Crippen LogP contribution in [0.25, 0.3) is 0 Å². The van der Waals surface area contributed by atoms with Gasteiger partial charge in [0.05, 0.1) is 7.11 Å². The van der Waals surface area contributed by atoms with Gasteiger partial charge in [0.15, 0.2) is 5.82 Å². The molecule has 0 amide bonds. The maximum absolute atomic E-state index is 5.71. The summed E-state index contributed by atoms with van der Waals surface area (Å²) in [5, 5.41) is 8.03. The Morgan fingerprint density at radius 2 is 1.95 bits per heavy atom. The molecular weight excluding hydrogens is 244 g/mol. The number of hydrogen-bond acceptors (Lipinski definition) is 5. The monoisotopic (exact) mass is 262 g/mol. The fourth-order valence-electron chi connectivity index (χ4n) is 1.67. The Bertz CT molecular complexity index is 544. The van der Waals surface area contributed by atoms with E-state index in [2.05, 4.69) is 10.2 Å². The highest BCUT2D eigenvalue weighted by molar-refractivity contribution is 5.38. The third kappa shape index (κ3) is 3.03. The molecular formula is C13H18N4O2. The smallest absolute Gasteiger partial charge is 0.170 e. The van der Waals surface area contributed by atoms with Crippen molar-refractivity contribution in [3.63, 3.8) is 0 Å². The Labute approximate surface area is 112 Å².